The highest BCUT2D eigenvalue weighted by Crippen LogP contribution is 2.55. The largest absolute Gasteiger partial charge is 0.294 e. The Labute approximate surface area is 102 Å². The summed E-state index contributed by atoms with van der Waals surface area (Å²) in [5.74, 6) is 2.03. The van der Waals surface area contributed by atoms with Crippen molar-refractivity contribution in [3.63, 3.8) is 0 Å². The first-order chi connectivity index (χ1) is 8.34. The molecule has 5 atom stereocenters. The molecule has 2 aliphatic carbocycles. The quantitative estimate of drug-likeness (QED) is 0.684. The van der Waals surface area contributed by atoms with Gasteiger partial charge in [0, 0.05) is 18.9 Å². The van der Waals surface area contributed by atoms with Crippen LogP contribution in [0.3, 0.4) is 0 Å². The first kappa shape index (κ1) is 9.86. The average Bonchev–Trinajstić information content (AvgIpc) is 3.00. The minimum atomic E-state index is 0.417. The van der Waals surface area contributed by atoms with E-state index in [9.17, 15) is 0 Å². The molecule has 1 aliphatic heterocycles. The number of fused-ring (bicyclic) bond motifs is 5. The summed E-state index contributed by atoms with van der Waals surface area (Å²) < 4.78 is 0. The molecule has 2 heteroatoms. The molecular weight excluding hydrogens is 210 g/mol. The molecule has 3 aliphatic rings. The molecule has 0 spiro atoms. The number of hydrogen-bond acceptors (Lipinski definition) is 2. The maximum absolute atomic E-state index is 6.07. The van der Waals surface area contributed by atoms with Crippen molar-refractivity contribution in [3.8, 4) is 0 Å². The molecule has 4 rings (SSSR count). The second-order valence-electron chi connectivity index (χ2n) is 5.50. The van der Waals surface area contributed by atoms with Gasteiger partial charge in [-0.25, -0.2) is 0 Å². The topological polar surface area (TPSA) is 12.5 Å². The van der Waals surface area contributed by atoms with Crippen LogP contribution in [-0.4, -0.2) is 18.2 Å². The highest BCUT2D eigenvalue weighted by molar-refractivity contribution is 5.26. The van der Waals surface area contributed by atoms with Crippen molar-refractivity contribution < 1.29 is 4.84 Å². The summed E-state index contributed by atoms with van der Waals surface area (Å²) in [6, 6.07) is 11.2. The lowest BCUT2D eigenvalue weighted by molar-refractivity contribution is -0.152. The minimum Gasteiger partial charge on any atom is -0.294 e. The van der Waals surface area contributed by atoms with E-state index in [1.165, 1.54) is 12.0 Å². The van der Waals surface area contributed by atoms with Crippen LogP contribution in [0.1, 0.15) is 18.0 Å². The SMILES string of the molecule is CN1O[C@@H]2[C@@H]([C@H]3C=C[C@@H]2C3)[C@@H]1c1ccccc1. The molecule has 0 N–H and O–H groups in total. The Morgan fingerprint density at radius 2 is 1.88 bits per heavy atom. The molecule has 1 heterocycles. The van der Waals surface area contributed by atoms with Gasteiger partial charge in [0.25, 0.3) is 0 Å². The number of hydroxylamine groups is 2. The molecule has 0 unspecified atom stereocenters. The molecule has 2 fully saturated rings. The Bertz CT molecular complexity index is 455. The molecule has 0 aromatic heterocycles. The molecular formula is C15H17NO. The molecule has 1 saturated carbocycles. The summed E-state index contributed by atoms with van der Waals surface area (Å²) in [5, 5.41) is 2.08. The Balaban J connectivity index is 1.74. The molecule has 1 aromatic carbocycles. The Morgan fingerprint density at radius 3 is 2.71 bits per heavy atom. The zero-order valence-corrected chi connectivity index (χ0v) is 9.99. The second kappa shape index (κ2) is 3.44. The zero-order chi connectivity index (χ0) is 11.4. The van der Waals surface area contributed by atoms with Crippen molar-refractivity contribution in [1.29, 1.82) is 0 Å². The van der Waals surface area contributed by atoms with Crippen LogP contribution < -0.4 is 0 Å². The average molecular weight is 227 g/mol. The molecule has 1 aromatic rings. The summed E-state index contributed by atoms with van der Waals surface area (Å²) in [6.07, 6.45) is 6.48. The summed E-state index contributed by atoms with van der Waals surface area (Å²) in [7, 11) is 2.08. The van der Waals surface area contributed by atoms with E-state index >= 15 is 0 Å². The lowest BCUT2D eigenvalue weighted by atomic mass is 9.82. The van der Waals surface area contributed by atoms with E-state index in [1.807, 2.05) is 0 Å². The number of benzene rings is 1. The molecule has 2 bridgehead atoms. The predicted molar refractivity (Wildman–Crippen MR) is 66.0 cm³/mol. The number of hydrogen-bond donors (Lipinski definition) is 0. The van der Waals surface area contributed by atoms with E-state index < -0.39 is 0 Å². The van der Waals surface area contributed by atoms with Gasteiger partial charge in [-0.2, -0.15) is 5.06 Å². The third-order valence-corrected chi connectivity index (χ3v) is 4.63. The fourth-order valence-electron chi connectivity index (χ4n) is 3.96. The van der Waals surface area contributed by atoms with Crippen molar-refractivity contribution in [3.05, 3.63) is 48.0 Å². The van der Waals surface area contributed by atoms with E-state index in [0.717, 1.165) is 5.92 Å². The number of nitrogens with zero attached hydrogens (tertiary/aromatic N) is 1. The maximum Gasteiger partial charge on any atom is 0.0908 e. The third-order valence-electron chi connectivity index (χ3n) is 4.63. The first-order valence-electron chi connectivity index (χ1n) is 6.47. The van der Waals surface area contributed by atoms with Crippen LogP contribution in [-0.2, 0) is 4.84 Å². The summed E-state index contributed by atoms with van der Waals surface area (Å²) >= 11 is 0. The van der Waals surface area contributed by atoms with Gasteiger partial charge in [0.1, 0.15) is 0 Å². The van der Waals surface area contributed by atoms with Crippen molar-refractivity contribution in [1.82, 2.24) is 5.06 Å². The van der Waals surface area contributed by atoms with Crippen LogP contribution in [0.25, 0.3) is 0 Å². The van der Waals surface area contributed by atoms with Crippen LogP contribution >= 0.6 is 0 Å². The molecule has 1 saturated heterocycles. The monoisotopic (exact) mass is 227 g/mol. The second-order valence-corrected chi connectivity index (χ2v) is 5.50. The Hall–Kier alpha value is -1.12. The van der Waals surface area contributed by atoms with Crippen molar-refractivity contribution >= 4 is 0 Å². The normalized spacial score (nSPS) is 43.2. The fourth-order valence-corrected chi connectivity index (χ4v) is 3.96. The molecule has 2 nitrogen and oxygen atoms in total. The van der Waals surface area contributed by atoms with Crippen LogP contribution in [0, 0.1) is 17.8 Å². The zero-order valence-electron chi connectivity index (χ0n) is 9.99. The van der Waals surface area contributed by atoms with Crippen LogP contribution in [0.5, 0.6) is 0 Å². The van der Waals surface area contributed by atoms with Gasteiger partial charge in [-0.3, -0.25) is 4.84 Å². The Kier molecular flexibility index (Phi) is 1.99. The lowest BCUT2D eigenvalue weighted by Crippen LogP contribution is -2.24. The van der Waals surface area contributed by atoms with Gasteiger partial charge in [-0.05, 0) is 17.9 Å². The van der Waals surface area contributed by atoms with Gasteiger partial charge in [0.2, 0.25) is 0 Å². The molecule has 0 amide bonds. The molecule has 88 valence electrons. The van der Waals surface area contributed by atoms with Gasteiger partial charge >= 0.3 is 0 Å². The van der Waals surface area contributed by atoms with Gasteiger partial charge in [-0.15, -0.1) is 0 Å². The van der Waals surface area contributed by atoms with Gasteiger partial charge in [0.15, 0.2) is 0 Å². The first-order valence-corrected chi connectivity index (χ1v) is 6.47. The van der Waals surface area contributed by atoms with Crippen LogP contribution in [0.15, 0.2) is 42.5 Å². The van der Waals surface area contributed by atoms with Crippen molar-refractivity contribution in [2.24, 2.45) is 17.8 Å². The third kappa shape index (κ3) is 1.28. The summed E-state index contributed by atoms with van der Waals surface area (Å²) in [4.78, 5) is 6.07. The minimum absolute atomic E-state index is 0.417. The smallest absolute Gasteiger partial charge is 0.0908 e. The van der Waals surface area contributed by atoms with E-state index in [2.05, 4.69) is 54.6 Å². The Morgan fingerprint density at radius 1 is 1.12 bits per heavy atom. The highest BCUT2D eigenvalue weighted by Gasteiger charge is 2.55. The van der Waals surface area contributed by atoms with Crippen LogP contribution in [0.2, 0.25) is 0 Å². The van der Waals surface area contributed by atoms with Crippen LogP contribution in [0.4, 0.5) is 0 Å². The van der Waals surface area contributed by atoms with Gasteiger partial charge < -0.3 is 0 Å². The van der Waals surface area contributed by atoms with Crippen molar-refractivity contribution in [2.75, 3.05) is 7.05 Å². The summed E-state index contributed by atoms with van der Waals surface area (Å²) in [6.45, 7) is 0. The van der Waals surface area contributed by atoms with Crippen molar-refractivity contribution in [2.45, 2.75) is 18.6 Å². The van der Waals surface area contributed by atoms with Gasteiger partial charge in [0.05, 0.1) is 12.1 Å². The standard InChI is InChI=1S/C15H17NO/c1-16-14(10-5-3-2-4-6-10)13-11-7-8-12(9-11)15(13)17-16/h2-8,11-15H,9H2,1H3/t11-,12+,13-,14-,15-/m0/s1. The highest BCUT2D eigenvalue weighted by atomic mass is 16.7. The maximum atomic E-state index is 6.07. The lowest BCUT2D eigenvalue weighted by Gasteiger charge is -2.25. The van der Waals surface area contributed by atoms with E-state index in [4.69, 9.17) is 4.84 Å². The van der Waals surface area contributed by atoms with E-state index in [-0.39, 0.29) is 0 Å². The number of rotatable bonds is 1. The van der Waals surface area contributed by atoms with E-state index in [0.29, 0.717) is 24.0 Å². The molecule has 17 heavy (non-hydrogen) atoms. The summed E-state index contributed by atoms with van der Waals surface area (Å²) in [5.41, 5.74) is 1.39. The fraction of sp³-hybridized carbons (Fsp3) is 0.467. The number of allylic oxidation sites excluding steroid dienone is 1. The predicted octanol–water partition coefficient (Wildman–Crippen LogP) is 2.80. The molecule has 0 radical (unpaired) electrons. The van der Waals surface area contributed by atoms with E-state index in [1.54, 1.807) is 0 Å². The van der Waals surface area contributed by atoms with Gasteiger partial charge in [-0.1, -0.05) is 42.5 Å².